The van der Waals surface area contributed by atoms with Gasteiger partial charge < -0.3 is 10.6 Å². The highest BCUT2D eigenvalue weighted by atomic mass is 32.2. The second kappa shape index (κ2) is 10.7. The Balaban J connectivity index is 2.06. The van der Waals surface area contributed by atoms with E-state index in [1.165, 1.54) is 28.6 Å². The number of carbonyl (C=O) groups is 1. The number of benzene rings is 2. The molecule has 0 radical (unpaired) electrons. The van der Waals surface area contributed by atoms with E-state index in [0.717, 1.165) is 5.56 Å². The van der Waals surface area contributed by atoms with Crippen LogP contribution >= 0.6 is 0 Å². The standard InChI is InChI=1S/C22H30FN3O3S/c1-5-26(6-2)30(28,29)20-9-7-8-19(14-20)25-21(27)15-24-22(16(3)4)17-10-12-18(23)13-11-17/h7-14,16,22,24H,5-6,15H2,1-4H3,(H,25,27). The third-order valence-electron chi connectivity index (χ3n) is 4.84. The minimum atomic E-state index is -3.60. The SMILES string of the molecule is CCN(CC)S(=O)(=O)c1cccc(NC(=O)CNC(c2ccc(F)cc2)C(C)C)c1. The molecule has 0 bridgehead atoms. The van der Waals surface area contributed by atoms with Gasteiger partial charge in [-0.05, 0) is 41.8 Å². The summed E-state index contributed by atoms with van der Waals surface area (Å²) in [5.41, 5.74) is 1.31. The van der Waals surface area contributed by atoms with Gasteiger partial charge in [0.2, 0.25) is 15.9 Å². The molecule has 0 spiro atoms. The Morgan fingerprint density at radius 3 is 2.27 bits per heavy atom. The molecule has 0 aliphatic heterocycles. The third kappa shape index (κ3) is 6.10. The number of carbonyl (C=O) groups excluding carboxylic acids is 1. The zero-order chi connectivity index (χ0) is 22.3. The zero-order valence-electron chi connectivity index (χ0n) is 17.9. The second-order valence-electron chi connectivity index (χ2n) is 7.32. The van der Waals surface area contributed by atoms with Crippen LogP contribution in [0.3, 0.4) is 0 Å². The fraction of sp³-hybridized carbons (Fsp3) is 0.409. The molecule has 2 aromatic carbocycles. The van der Waals surface area contributed by atoms with Gasteiger partial charge in [-0.2, -0.15) is 4.31 Å². The average molecular weight is 436 g/mol. The monoisotopic (exact) mass is 435 g/mol. The van der Waals surface area contributed by atoms with Crippen LogP contribution < -0.4 is 10.6 Å². The van der Waals surface area contributed by atoms with E-state index >= 15 is 0 Å². The lowest BCUT2D eigenvalue weighted by Crippen LogP contribution is -2.33. The molecule has 0 aliphatic carbocycles. The van der Waals surface area contributed by atoms with Crippen molar-refractivity contribution in [2.75, 3.05) is 25.0 Å². The predicted octanol–water partition coefficient (Wildman–Crippen LogP) is 3.78. The van der Waals surface area contributed by atoms with Crippen molar-refractivity contribution >= 4 is 21.6 Å². The van der Waals surface area contributed by atoms with Gasteiger partial charge in [-0.3, -0.25) is 4.79 Å². The quantitative estimate of drug-likeness (QED) is 0.595. The number of sulfonamides is 1. The van der Waals surface area contributed by atoms with E-state index in [1.807, 2.05) is 13.8 Å². The Morgan fingerprint density at radius 2 is 1.70 bits per heavy atom. The van der Waals surface area contributed by atoms with E-state index in [1.54, 1.807) is 38.1 Å². The molecule has 2 N–H and O–H groups in total. The highest BCUT2D eigenvalue weighted by molar-refractivity contribution is 7.89. The van der Waals surface area contributed by atoms with Gasteiger partial charge >= 0.3 is 0 Å². The van der Waals surface area contributed by atoms with Gasteiger partial charge in [0.05, 0.1) is 11.4 Å². The van der Waals surface area contributed by atoms with Crippen molar-refractivity contribution in [1.29, 1.82) is 0 Å². The summed E-state index contributed by atoms with van der Waals surface area (Å²) in [4.78, 5) is 12.6. The van der Waals surface area contributed by atoms with Crippen LogP contribution in [0.25, 0.3) is 0 Å². The minimum Gasteiger partial charge on any atom is -0.325 e. The Hall–Kier alpha value is -2.29. The molecule has 6 nitrogen and oxygen atoms in total. The molecule has 2 aromatic rings. The van der Waals surface area contributed by atoms with Crippen LogP contribution in [-0.4, -0.2) is 38.3 Å². The summed E-state index contributed by atoms with van der Waals surface area (Å²) in [6.07, 6.45) is 0. The summed E-state index contributed by atoms with van der Waals surface area (Å²) < 4.78 is 39.9. The maximum Gasteiger partial charge on any atom is 0.243 e. The number of hydrogen-bond donors (Lipinski definition) is 2. The molecule has 0 fully saturated rings. The van der Waals surface area contributed by atoms with Crippen molar-refractivity contribution in [3.8, 4) is 0 Å². The van der Waals surface area contributed by atoms with Crippen LogP contribution in [0.1, 0.15) is 39.3 Å². The number of amides is 1. The molecule has 0 aliphatic rings. The molecule has 0 saturated carbocycles. The van der Waals surface area contributed by atoms with E-state index in [4.69, 9.17) is 0 Å². The lowest BCUT2D eigenvalue weighted by atomic mass is 9.96. The summed E-state index contributed by atoms with van der Waals surface area (Å²) in [5.74, 6) is -0.413. The Morgan fingerprint density at radius 1 is 1.07 bits per heavy atom. The summed E-state index contributed by atoms with van der Waals surface area (Å²) in [5, 5.41) is 5.94. The van der Waals surface area contributed by atoms with Crippen LogP contribution in [0.15, 0.2) is 53.4 Å². The lowest BCUT2D eigenvalue weighted by molar-refractivity contribution is -0.115. The molecule has 8 heteroatoms. The first-order valence-corrected chi connectivity index (χ1v) is 11.5. The molecule has 0 heterocycles. The first-order chi connectivity index (χ1) is 14.2. The predicted molar refractivity (Wildman–Crippen MR) is 117 cm³/mol. The number of hydrogen-bond acceptors (Lipinski definition) is 4. The molecule has 0 aromatic heterocycles. The second-order valence-corrected chi connectivity index (χ2v) is 9.26. The number of anilines is 1. The highest BCUT2D eigenvalue weighted by Crippen LogP contribution is 2.22. The van der Waals surface area contributed by atoms with Gasteiger partial charge in [0, 0.05) is 24.8 Å². The van der Waals surface area contributed by atoms with Crippen molar-refractivity contribution in [2.45, 2.75) is 38.6 Å². The van der Waals surface area contributed by atoms with Gasteiger partial charge in [0.25, 0.3) is 0 Å². The Labute approximate surface area is 178 Å². The largest absolute Gasteiger partial charge is 0.325 e. The molecule has 2 rings (SSSR count). The molecule has 0 saturated heterocycles. The van der Waals surface area contributed by atoms with Gasteiger partial charge in [0.15, 0.2) is 0 Å². The first-order valence-electron chi connectivity index (χ1n) is 10.1. The van der Waals surface area contributed by atoms with E-state index in [-0.39, 0.29) is 35.1 Å². The van der Waals surface area contributed by atoms with Crippen LogP contribution in [0, 0.1) is 11.7 Å². The zero-order valence-corrected chi connectivity index (χ0v) is 18.7. The van der Waals surface area contributed by atoms with Crippen molar-refractivity contribution in [2.24, 2.45) is 5.92 Å². The normalized spacial score (nSPS) is 12.9. The minimum absolute atomic E-state index is 0.0350. The maximum absolute atomic E-state index is 13.2. The van der Waals surface area contributed by atoms with Gasteiger partial charge in [-0.15, -0.1) is 0 Å². The summed E-state index contributed by atoms with van der Waals surface area (Å²) in [6.45, 7) is 8.38. The van der Waals surface area contributed by atoms with E-state index < -0.39 is 10.0 Å². The highest BCUT2D eigenvalue weighted by Gasteiger charge is 2.22. The molecule has 1 unspecified atom stereocenters. The Kier molecular flexibility index (Phi) is 8.52. The van der Waals surface area contributed by atoms with Gasteiger partial charge in [-0.1, -0.05) is 45.9 Å². The molecule has 164 valence electrons. The fourth-order valence-corrected chi connectivity index (χ4v) is 4.77. The third-order valence-corrected chi connectivity index (χ3v) is 6.89. The average Bonchev–Trinajstić information content (AvgIpc) is 2.70. The molecule has 1 atom stereocenters. The molecule has 1 amide bonds. The maximum atomic E-state index is 13.2. The first kappa shape index (κ1) is 24.0. The number of rotatable bonds is 10. The molecular formula is C22H30FN3O3S. The number of nitrogens with zero attached hydrogens (tertiary/aromatic N) is 1. The smallest absolute Gasteiger partial charge is 0.243 e. The topological polar surface area (TPSA) is 78.5 Å². The van der Waals surface area contributed by atoms with Crippen molar-refractivity contribution in [1.82, 2.24) is 9.62 Å². The van der Waals surface area contributed by atoms with E-state index in [9.17, 15) is 17.6 Å². The van der Waals surface area contributed by atoms with Crippen LogP contribution in [0.4, 0.5) is 10.1 Å². The van der Waals surface area contributed by atoms with Crippen molar-refractivity contribution in [3.63, 3.8) is 0 Å². The van der Waals surface area contributed by atoms with E-state index in [0.29, 0.717) is 18.8 Å². The van der Waals surface area contributed by atoms with Crippen molar-refractivity contribution in [3.05, 3.63) is 59.9 Å². The summed E-state index contributed by atoms with van der Waals surface area (Å²) in [6, 6.07) is 12.3. The van der Waals surface area contributed by atoms with Gasteiger partial charge in [-0.25, -0.2) is 12.8 Å². The lowest BCUT2D eigenvalue weighted by Gasteiger charge is -2.23. The Bertz CT molecular complexity index is 942. The fourth-order valence-electron chi connectivity index (χ4n) is 3.26. The van der Waals surface area contributed by atoms with Crippen LogP contribution in [0.5, 0.6) is 0 Å². The summed E-state index contributed by atoms with van der Waals surface area (Å²) >= 11 is 0. The van der Waals surface area contributed by atoms with Crippen LogP contribution in [0.2, 0.25) is 0 Å². The van der Waals surface area contributed by atoms with Crippen molar-refractivity contribution < 1.29 is 17.6 Å². The van der Waals surface area contributed by atoms with Gasteiger partial charge in [0.1, 0.15) is 5.82 Å². The summed E-state index contributed by atoms with van der Waals surface area (Å²) in [7, 11) is -3.60. The number of halogens is 1. The number of nitrogens with one attached hydrogen (secondary N) is 2. The molecular weight excluding hydrogens is 405 g/mol. The van der Waals surface area contributed by atoms with Crippen LogP contribution in [-0.2, 0) is 14.8 Å². The molecule has 30 heavy (non-hydrogen) atoms. The van der Waals surface area contributed by atoms with E-state index in [2.05, 4.69) is 10.6 Å².